The van der Waals surface area contributed by atoms with Crippen LogP contribution in [0.3, 0.4) is 0 Å². The Balaban J connectivity index is 1.48. The van der Waals surface area contributed by atoms with Gasteiger partial charge in [0.15, 0.2) is 0 Å². The van der Waals surface area contributed by atoms with Crippen LogP contribution in [0.5, 0.6) is 0 Å². The van der Waals surface area contributed by atoms with E-state index in [9.17, 15) is 13.2 Å². The van der Waals surface area contributed by atoms with Crippen LogP contribution in [-0.4, -0.2) is 31.8 Å². The Bertz CT molecular complexity index is 919. The number of benzene rings is 1. The van der Waals surface area contributed by atoms with E-state index in [1.54, 1.807) is 18.2 Å². The molecule has 1 aliphatic heterocycles. The molecule has 0 aliphatic carbocycles. The zero-order chi connectivity index (χ0) is 17.9. The Labute approximate surface area is 149 Å². The standard InChI is InChI=1S/C16H17N3O4S2/c1-11-18-12(10-24-11)9-23-15(20)7-4-8-17-16-13-5-2-3-6-14(13)25(21,22)19-16/h2-3,5-6,10H,4,7-9H2,1H3,(H,17,19). The van der Waals surface area contributed by atoms with Crippen LogP contribution in [0.4, 0.5) is 0 Å². The van der Waals surface area contributed by atoms with Crippen molar-refractivity contribution in [2.75, 3.05) is 6.54 Å². The number of rotatable bonds is 6. The number of sulfonamides is 1. The predicted molar refractivity (Wildman–Crippen MR) is 94.0 cm³/mol. The van der Waals surface area contributed by atoms with E-state index >= 15 is 0 Å². The van der Waals surface area contributed by atoms with Gasteiger partial charge >= 0.3 is 5.97 Å². The van der Waals surface area contributed by atoms with Crippen molar-refractivity contribution in [3.8, 4) is 0 Å². The second kappa shape index (κ2) is 7.32. The van der Waals surface area contributed by atoms with Gasteiger partial charge in [-0.2, -0.15) is 0 Å². The van der Waals surface area contributed by atoms with Gasteiger partial charge in [-0.3, -0.25) is 14.5 Å². The number of hydrogen-bond donors (Lipinski definition) is 1. The quantitative estimate of drug-likeness (QED) is 0.612. The Hall–Kier alpha value is -2.26. The second-order valence-electron chi connectivity index (χ2n) is 5.45. The largest absolute Gasteiger partial charge is 0.459 e. The summed E-state index contributed by atoms with van der Waals surface area (Å²) in [6.07, 6.45) is 0.691. The Kier molecular flexibility index (Phi) is 5.14. The van der Waals surface area contributed by atoms with Crippen LogP contribution in [-0.2, 0) is 26.2 Å². The van der Waals surface area contributed by atoms with Crippen LogP contribution in [0.2, 0.25) is 0 Å². The first-order chi connectivity index (χ1) is 12.0. The van der Waals surface area contributed by atoms with Gasteiger partial charge in [-0.15, -0.1) is 11.3 Å². The third kappa shape index (κ3) is 4.23. The van der Waals surface area contributed by atoms with Crippen LogP contribution in [0.1, 0.15) is 29.1 Å². The first-order valence-corrected chi connectivity index (χ1v) is 10.1. The highest BCUT2D eigenvalue weighted by Gasteiger charge is 2.29. The number of thiazole rings is 1. The normalized spacial score (nSPS) is 16.4. The molecule has 2 heterocycles. The molecule has 132 valence electrons. The van der Waals surface area contributed by atoms with Gasteiger partial charge in [-0.1, -0.05) is 12.1 Å². The summed E-state index contributed by atoms with van der Waals surface area (Å²) >= 11 is 1.51. The van der Waals surface area contributed by atoms with E-state index in [1.165, 1.54) is 17.4 Å². The molecule has 1 aromatic carbocycles. The summed E-state index contributed by atoms with van der Waals surface area (Å²) in [4.78, 5) is 20.4. The van der Waals surface area contributed by atoms with Crippen molar-refractivity contribution in [3.05, 3.63) is 45.9 Å². The number of hydrogen-bond acceptors (Lipinski definition) is 7. The van der Waals surface area contributed by atoms with E-state index in [1.807, 2.05) is 12.3 Å². The summed E-state index contributed by atoms with van der Waals surface area (Å²) in [7, 11) is -3.52. The first-order valence-electron chi connectivity index (χ1n) is 7.69. The highest BCUT2D eigenvalue weighted by atomic mass is 32.2. The van der Waals surface area contributed by atoms with Crippen LogP contribution in [0, 0.1) is 6.92 Å². The molecule has 0 spiro atoms. The molecule has 0 saturated heterocycles. The molecular weight excluding hydrogens is 362 g/mol. The van der Waals surface area contributed by atoms with Gasteiger partial charge in [0.25, 0.3) is 10.0 Å². The average Bonchev–Trinajstić information content (AvgIpc) is 3.11. The fraction of sp³-hybridized carbons (Fsp3) is 0.312. The summed E-state index contributed by atoms with van der Waals surface area (Å²) in [6.45, 7) is 2.40. The van der Waals surface area contributed by atoms with E-state index in [0.29, 0.717) is 24.4 Å². The zero-order valence-corrected chi connectivity index (χ0v) is 15.2. The smallest absolute Gasteiger partial charge is 0.306 e. The van der Waals surface area contributed by atoms with Gasteiger partial charge in [-0.25, -0.2) is 13.4 Å². The van der Waals surface area contributed by atoms with Crippen molar-refractivity contribution in [1.29, 1.82) is 0 Å². The van der Waals surface area contributed by atoms with Crippen molar-refractivity contribution in [2.45, 2.75) is 31.3 Å². The van der Waals surface area contributed by atoms with E-state index in [4.69, 9.17) is 4.74 Å². The number of carbonyl (C=O) groups excluding carboxylic acids is 1. The van der Waals surface area contributed by atoms with E-state index in [0.717, 1.165) is 10.7 Å². The lowest BCUT2D eigenvalue weighted by atomic mass is 10.2. The number of aliphatic imine (C=N–C) groups is 1. The molecule has 0 saturated carbocycles. The number of nitrogens with one attached hydrogen (secondary N) is 1. The van der Waals surface area contributed by atoms with Crippen molar-refractivity contribution >= 4 is 33.2 Å². The minimum absolute atomic E-state index is 0.171. The molecule has 0 unspecified atom stereocenters. The molecule has 1 aliphatic rings. The predicted octanol–water partition coefficient (Wildman–Crippen LogP) is 2.01. The third-order valence-electron chi connectivity index (χ3n) is 3.52. The van der Waals surface area contributed by atoms with Crippen molar-refractivity contribution in [3.63, 3.8) is 0 Å². The number of esters is 1. The molecule has 0 bridgehead atoms. The van der Waals surface area contributed by atoms with E-state index in [-0.39, 0.29) is 23.9 Å². The van der Waals surface area contributed by atoms with Gasteiger partial charge in [0.1, 0.15) is 12.4 Å². The maximum atomic E-state index is 12.0. The molecule has 3 rings (SSSR count). The van der Waals surface area contributed by atoms with Crippen molar-refractivity contribution < 1.29 is 17.9 Å². The summed E-state index contributed by atoms with van der Waals surface area (Å²) in [6, 6.07) is 6.67. The van der Waals surface area contributed by atoms with Crippen LogP contribution in [0.15, 0.2) is 39.5 Å². The minimum atomic E-state index is -3.52. The fourth-order valence-corrected chi connectivity index (χ4v) is 4.21. The Morgan fingerprint density at radius 1 is 1.36 bits per heavy atom. The maximum Gasteiger partial charge on any atom is 0.306 e. The molecule has 0 amide bonds. The van der Waals surface area contributed by atoms with E-state index in [2.05, 4.69) is 14.7 Å². The van der Waals surface area contributed by atoms with Crippen molar-refractivity contribution in [2.24, 2.45) is 4.99 Å². The molecule has 7 nitrogen and oxygen atoms in total. The number of aryl methyl sites for hydroxylation is 1. The van der Waals surface area contributed by atoms with E-state index < -0.39 is 10.0 Å². The fourth-order valence-electron chi connectivity index (χ4n) is 2.37. The summed E-state index contributed by atoms with van der Waals surface area (Å²) in [5.74, 6) is 0.000159. The number of carbonyl (C=O) groups is 1. The average molecular weight is 379 g/mol. The lowest BCUT2D eigenvalue weighted by Gasteiger charge is -2.02. The maximum absolute atomic E-state index is 12.0. The summed E-state index contributed by atoms with van der Waals surface area (Å²) < 4.78 is 31.5. The Morgan fingerprint density at radius 2 is 2.16 bits per heavy atom. The van der Waals surface area contributed by atoms with Gasteiger partial charge in [0.05, 0.1) is 15.6 Å². The number of fused-ring (bicyclic) bond motifs is 1. The second-order valence-corrected chi connectivity index (χ2v) is 8.17. The molecule has 0 fully saturated rings. The van der Waals surface area contributed by atoms with Gasteiger partial charge in [0, 0.05) is 23.9 Å². The molecule has 25 heavy (non-hydrogen) atoms. The third-order valence-corrected chi connectivity index (χ3v) is 5.74. The molecule has 1 N–H and O–H groups in total. The van der Waals surface area contributed by atoms with Crippen molar-refractivity contribution in [1.82, 2.24) is 9.71 Å². The number of ether oxygens (including phenoxy) is 1. The SMILES string of the molecule is Cc1nc(COC(=O)CCCN=C2NS(=O)(=O)c3ccccc32)cs1. The number of amidine groups is 1. The van der Waals surface area contributed by atoms with Crippen LogP contribution >= 0.6 is 11.3 Å². The first kappa shape index (κ1) is 17.6. The van der Waals surface area contributed by atoms with Crippen LogP contribution in [0.25, 0.3) is 0 Å². The van der Waals surface area contributed by atoms with Crippen LogP contribution < -0.4 is 4.72 Å². The minimum Gasteiger partial charge on any atom is -0.459 e. The molecule has 0 atom stereocenters. The molecule has 9 heteroatoms. The lowest BCUT2D eigenvalue weighted by molar-refractivity contribution is -0.145. The number of nitrogens with zero attached hydrogens (tertiary/aromatic N) is 2. The molecule has 2 aromatic rings. The monoisotopic (exact) mass is 379 g/mol. The lowest BCUT2D eigenvalue weighted by Crippen LogP contribution is -2.22. The highest BCUT2D eigenvalue weighted by Crippen LogP contribution is 2.22. The molecule has 0 radical (unpaired) electrons. The molecular formula is C16H17N3O4S2. The Morgan fingerprint density at radius 3 is 2.92 bits per heavy atom. The topological polar surface area (TPSA) is 97.7 Å². The summed E-state index contributed by atoms with van der Waals surface area (Å²) in [5, 5.41) is 2.79. The van der Waals surface area contributed by atoms with Gasteiger partial charge < -0.3 is 4.74 Å². The highest BCUT2D eigenvalue weighted by molar-refractivity contribution is 7.90. The van der Waals surface area contributed by atoms with Gasteiger partial charge in [-0.05, 0) is 25.5 Å². The summed E-state index contributed by atoms with van der Waals surface area (Å²) in [5.41, 5.74) is 1.30. The zero-order valence-electron chi connectivity index (χ0n) is 13.6. The molecule has 1 aromatic heterocycles. The van der Waals surface area contributed by atoms with Gasteiger partial charge in [0.2, 0.25) is 0 Å². The number of aromatic nitrogens is 1.